The van der Waals surface area contributed by atoms with Crippen LogP contribution in [-0.2, 0) is 4.79 Å². The van der Waals surface area contributed by atoms with Crippen molar-refractivity contribution in [2.75, 3.05) is 0 Å². The highest BCUT2D eigenvalue weighted by Crippen LogP contribution is 2.27. The van der Waals surface area contributed by atoms with E-state index in [2.05, 4.69) is 0 Å². The minimum Gasteiger partial charge on any atom is -0.478 e. The number of carbonyl (C=O) groups is 1. The first-order chi connectivity index (χ1) is 9.09. The predicted octanol–water partition coefficient (Wildman–Crippen LogP) is 3.51. The number of ether oxygens (including phenoxy) is 1. The molecule has 0 amide bonds. The summed E-state index contributed by atoms with van der Waals surface area (Å²) in [7, 11) is 0. The summed E-state index contributed by atoms with van der Waals surface area (Å²) >= 11 is 0. The zero-order valence-electron chi connectivity index (χ0n) is 11.0. The maximum Gasteiger partial charge on any atom is 0.349 e. The summed E-state index contributed by atoms with van der Waals surface area (Å²) in [5, 5.41) is 9.32. The van der Waals surface area contributed by atoms with E-state index in [0.717, 1.165) is 11.1 Å². The molecular weight excluding hydrogens is 240 g/mol. The number of rotatable bonds is 4. The lowest BCUT2D eigenvalue weighted by Crippen LogP contribution is -2.18. The summed E-state index contributed by atoms with van der Waals surface area (Å²) in [5.41, 5.74) is 2.68. The van der Waals surface area contributed by atoms with Gasteiger partial charge in [0, 0.05) is 5.56 Å². The Kier molecular flexibility index (Phi) is 3.85. The van der Waals surface area contributed by atoms with Crippen molar-refractivity contribution < 1.29 is 14.6 Å². The van der Waals surface area contributed by atoms with Crippen LogP contribution in [0.4, 0.5) is 0 Å². The van der Waals surface area contributed by atoms with Crippen LogP contribution in [0.3, 0.4) is 0 Å². The molecule has 0 aliphatic heterocycles. The average Bonchev–Trinajstić information content (AvgIpc) is 2.41. The van der Waals surface area contributed by atoms with Gasteiger partial charge in [-0.3, -0.25) is 0 Å². The van der Waals surface area contributed by atoms with E-state index < -0.39 is 12.1 Å². The van der Waals surface area contributed by atoms with E-state index in [1.807, 2.05) is 32.0 Å². The molecule has 0 fully saturated rings. The summed E-state index contributed by atoms with van der Waals surface area (Å²) in [6.45, 7) is 3.90. The van der Waals surface area contributed by atoms with Gasteiger partial charge in [0.2, 0.25) is 6.10 Å². The molecule has 0 saturated carbocycles. The molecule has 19 heavy (non-hydrogen) atoms. The van der Waals surface area contributed by atoms with Crippen LogP contribution < -0.4 is 4.74 Å². The van der Waals surface area contributed by atoms with E-state index in [9.17, 15) is 9.90 Å². The fourth-order valence-electron chi connectivity index (χ4n) is 1.87. The molecular formula is C16H16O3. The average molecular weight is 256 g/mol. The number of hydrogen-bond acceptors (Lipinski definition) is 2. The highest BCUT2D eigenvalue weighted by Gasteiger charge is 2.22. The van der Waals surface area contributed by atoms with Gasteiger partial charge in [0.1, 0.15) is 5.75 Å². The van der Waals surface area contributed by atoms with Crippen molar-refractivity contribution >= 4 is 5.97 Å². The summed E-state index contributed by atoms with van der Waals surface area (Å²) in [6.07, 6.45) is -0.985. The maximum absolute atomic E-state index is 11.4. The van der Waals surface area contributed by atoms with Crippen LogP contribution in [0.1, 0.15) is 22.8 Å². The van der Waals surface area contributed by atoms with Crippen molar-refractivity contribution in [2.45, 2.75) is 20.0 Å². The zero-order valence-corrected chi connectivity index (χ0v) is 11.0. The zero-order chi connectivity index (χ0) is 13.8. The van der Waals surface area contributed by atoms with E-state index in [4.69, 9.17) is 4.74 Å². The Hall–Kier alpha value is -2.29. The molecule has 2 aromatic carbocycles. The van der Waals surface area contributed by atoms with Crippen LogP contribution in [0.5, 0.6) is 5.75 Å². The first-order valence-corrected chi connectivity index (χ1v) is 6.10. The van der Waals surface area contributed by atoms with Crippen molar-refractivity contribution in [3.63, 3.8) is 0 Å². The standard InChI is InChI=1S/C16H16O3/c1-11-7-6-10-14(12(11)2)19-15(16(17)18)13-8-4-3-5-9-13/h3-10,15H,1-2H3,(H,17,18)/t15-/m1/s1. The predicted molar refractivity (Wildman–Crippen MR) is 73.4 cm³/mol. The first-order valence-electron chi connectivity index (χ1n) is 6.10. The van der Waals surface area contributed by atoms with Gasteiger partial charge >= 0.3 is 5.97 Å². The van der Waals surface area contributed by atoms with Crippen molar-refractivity contribution in [2.24, 2.45) is 0 Å². The molecule has 0 unspecified atom stereocenters. The molecule has 0 aliphatic carbocycles. The Labute approximate surface area is 112 Å². The van der Waals surface area contributed by atoms with Gasteiger partial charge in [-0.2, -0.15) is 0 Å². The van der Waals surface area contributed by atoms with Gasteiger partial charge < -0.3 is 9.84 Å². The molecule has 2 aromatic rings. The van der Waals surface area contributed by atoms with Gasteiger partial charge in [-0.05, 0) is 31.0 Å². The maximum atomic E-state index is 11.4. The molecule has 0 bridgehead atoms. The molecule has 1 atom stereocenters. The third-order valence-corrected chi connectivity index (χ3v) is 3.13. The van der Waals surface area contributed by atoms with Crippen LogP contribution in [0.2, 0.25) is 0 Å². The van der Waals surface area contributed by atoms with E-state index in [1.165, 1.54) is 0 Å². The topological polar surface area (TPSA) is 46.5 Å². The lowest BCUT2D eigenvalue weighted by molar-refractivity contribution is -0.145. The van der Waals surface area contributed by atoms with Crippen LogP contribution in [0, 0.1) is 13.8 Å². The fourth-order valence-corrected chi connectivity index (χ4v) is 1.87. The molecule has 3 heteroatoms. The second-order valence-corrected chi connectivity index (χ2v) is 4.44. The largest absolute Gasteiger partial charge is 0.478 e. The smallest absolute Gasteiger partial charge is 0.349 e. The van der Waals surface area contributed by atoms with Crippen LogP contribution >= 0.6 is 0 Å². The Bertz CT molecular complexity index is 576. The van der Waals surface area contributed by atoms with Gasteiger partial charge in [-0.1, -0.05) is 42.5 Å². The third-order valence-electron chi connectivity index (χ3n) is 3.13. The van der Waals surface area contributed by atoms with Crippen molar-refractivity contribution in [3.8, 4) is 5.75 Å². The van der Waals surface area contributed by atoms with Crippen LogP contribution in [-0.4, -0.2) is 11.1 Å². The molecule has 3 nitrogen and oxygen atoms in total. The van der Waals surface area contributed by atoms with Gasteiger partial charge in [0.15, 0.2) is 0 Å². The highest BCUT2D eigenvalue weighted by molar-refractivity contribution is 5.75. The minimum absolute atomic E-state index is 0.608. The quantitative estimate of drug-likeness (QED) is 0.910. The first kappa shape index (κ1) is 13.1. The van der Waals surface area contributed by atoms with Crippen molar-refractivity contribution in [3.05, 3.63) is 65.2 Å². The van der Waals surface area contributed by atoms with E-state index >= 15 is 0 Å². The lowest BCUT2D eigenvalue weighted by atomic mass is 10.1. The molecule has 0 aromatic heterocycles. The lowest BCUT2D eigenvalue weighted by Gasteiger charge is -2.17. The van der Waals surface area contributed by atoms with Gasteiger partial charge in [0.25, 0.3) is 0 Å². The summed E-state index contributed by atoms with van der Waals surface area (Å²) in [4.78, 5) is 11.4. The summed E-state index contributed by atoms with van der Waals surface area (Å²) < 4.78 is 5.67. The second-order valence-electron chi connectivity index (χ2n) is 4.44. The van der Waals surface area contributed by atoms with Crippen LogP contribution in [0.15, 0.2) is 48.5 Å². The Morgan fingerprint density at radius 3 is 2.37 bits per heavy atom. The molecule has 98 valence electrons. The Morgan fingerprint density at radius 2 is 1.74 bits per heavy atom. The molecule has 0 heterocycles. The van der Waals surface area contributed by atoms with E-state index in [0.29, 0.717) is 11.3 Å². The second kappa shape index (κ2) is 5.57. The number of aliphatic carboxylic acids is 1. The SMILES string of the molecule is Cc1cccc(O[C@@H](C(=O)O)c2ccccc2)c1C. The van der Waals surface area contributed by atoms with E-state index in [1.54, 1.807) is 30.3 Å². The highest BCUT2D eigenvalue weighted by atomic mass is 16.5. The molecule has 0 radical (unpaired) electrons. The van der Waals surface area contributed by atoms with E-state index in [-0.39, 0.29) is 0 Å². The minimum atomic E-state index is -0.993. The summed E-state index contributed by atoms with van der Waals surface area (Å²) in [5.74, 6) is -0.386. The van der Waals surface area contributed by atoms with Gasteiger partial charge in [0.05, 0.1) is 0 Å². The van der Waals surface area contributed by atoms with Gasteiger partial charge in [-0.25, -0.2) is 4.79 Å². The number of carboxylic acid groups (broad SMARTS) is 1. The normalized spacial score (nSPS) is 11.9. The molecule has 0 saturated heterocycles. The monoisotopic (exact) mass is 256 g/mol. The summed E-state index contributed by atoms with van der Waals surface area (Å²) in [6, 6.07) is 14.6. The molecule has 0 spiro atoms. The third kappa shape index (κ3) is 2.94. The Morgan fingerprint density at radius 1 is 1.05 bits per heavy atom. The van der Waals surface area contributed by atoms with Gasteiger partial charge in [-0.15, -0.1) is 0 Å². The van der Waals surface area contributed by atoms with Crippen LogP contribution in [0.25, 0.3) is 0 Å². The number of benzene rings is 2. The Balaban J connectivity index is 2.32. The number of carboxylic acids is 1. The molecule has 2 rings (SSSR count). The molecule has 1 N–H and O–H groups in total. The fraction of sp³-hybridized carbons (Fsp3) is 0.188. The molecule has 0 aliphatic rings. The van der Waals surface area contributed by atoms with Crippen molar-refractivity contribution in [1.29, 1.82) is 0 Å². The van der Waals surface area contributed by atoms with Crippen molar-refractivity contribution in [1.82, 2.24) is 0 Å². The number of hydrogen-bond donors (Lipinski definition) is 1. The number of aryl methyl sites for hydroxylation is 1.